The maximum atomic E-state index is 12.6. The number of pyridine rings is 1. The highest BCUT2D eigenvalue weighted by Crippen LogP contribution is 2.30. The van der Waals surface area contributed by atoms with Gasteiger partial charge in [-0.15, -0.1) is 0 Å². The van der Waals surface area contributed by atoms with Crippen LogP contribution in [0.5, 0.6) is 0 Å². The van der Waals surface area contributed by atoms with Crippen molar-refractivity contribution in [1.29, 1.82) is 5.26 Å². The quantitative estimate of drug-likeness (QED) is 0.875. The summed E-state index contributed by atoms with van der Waals surface area (Å²) in [5, 5.41) is 15.8. The fourth-order valence-corrected chi connectivity index (χ4v) is 2.85. The van der Waals surface area contributed by atoms with Gasteiger partial charge in [-0.2, -0.15) is 10.2 Å². The van der Waals surface area contributed by atoms with Crippen molar-refractivity contribution in [2.75, 3.05) is 13.2 Å². The van der Waals surface area contributed by atoms with Gasteiger partial charge in [-0.25, -0.2) is 4.98 Å². The molecule has 3 heterocycles. The normalized spacial score (nSPS) is 16.2. The van der Waals surface area contributed by atoms with E-state index in [1.165, 1.54) is 12.3 Å². The topological polar surface area (TPSA) is 114 Å². The molecule has 1 aliphatic heterocycles. The molecular formula is C18H21N5O3. The highest BCUT2D eigenvalue weighted by molar-refractivity contribution is 5.92. The summed E-state index contributed by atoms with van der Waals surface area (Å²) in [4.78, 5) is 21.1. The second kappa shape index (κ2) is 8.06. The first-order valence-electron chi connectivity index (χ1n) is 8.66. The smallest absolute Gasteiger partial charge is 0.270 e. The van der Waals surface area contributed by atoms with Gasteiger partial charge in [0.2, 0.25) is 5.89 Å². The first-order valence-corrected chi connectivity index (χ1v) is 8.66. The van der Waals surface area contributed by atoms with E-state index in [1.807, 2.05) is 19.9 Å². The number of nitrogens with one attached hydrogen (secondary N) is 1. The van der Waals surface area contributed by atoms with E-state index in [0.29, 0.717) is 30.5 Å². The Labute approximate surface area is 151 Å². The minimum atomic E-state index is -0.399. The van der Waals surface area contributed by atoms with E-state index in [4.69, 9.17) is 14.5 Å². The van der Waals surface area contributed by atoms with Crippen molar-refractivity contribution in [1.82, 2.24) is 20.4 Å². The molecule has 0 aliphatic carbocycles. The van der Waals surface area contributed by atoms with Crippen LogP contribution in [0.3, 0.4) is 0 Å². The van der Waals surface area contributed by atoms with Crippen LogP contribution in [0.2, 0.25) is 0 Å². The number of hydrogen-bond acceptors (Lipinski definition) is 7. The molecule has 136 valence electrons. The van der Waals surface area contributed by atoms with Crippen LogP contribution in [0.1, 0.15) is 66.4 Å². The molecule has 8 heteroatoms. The zero-order valence-corrected chi connectivity index (χ0v) is 14.8. The average molecular weight is 355 g/mol. The molecule has 0 saturated carbocycles. The molecule has 0 radical (unpaired) electrons. The SMILES string of the molecule is CC(C)c1noc(C(NC(=O)c2ccc(C#N)cn2)C2CCOCC2)n1. The predicted molar refractivity (Wildman–Crippen MR) is 91.1 cm³/mol. The summed E-state index contributed by atoms with van der Waals surface area (Å²) in [5.41, 5.74) is 0.644. The van der Waals surface area contributed by atoms with Gasteiger partial charge in [0.25, 0.3) is 5.91 Å². The molecule has 1 N–H and O–H groups in total. The fraction of sp³-hybridized carbons (Fsp3) is 0.500. The lowest BCUT2D eigenvalue weighted by Gasteiger charge is -2.28. The molecule has 1 saturated heterocycles. The Morgan fingerprint density at radius 1 is 1.35 bits per heavy atom. The van der Waals surface area contributed by atoms with Gasteiger partial charge in [0.05, 0.1) is 5.56 Å². The maximum Gasteiger partial charge on any atom is 0.270 e. The van der Waals surface area contributed by atoms with Crippen molar-refractivity contribution in [3.63, 3.8) is 0 Å². The third kappa shape index (κ3) is 4.06. The molecule has 0 aromatic carbocycles. The molecule has 3 rings (SSSR count). The van der Waals surface area contributed by atoms with Crippen LogP contribution in [0.25, 0.3) is 0 Å². The van der Waals surface area contributed by atoms with Crippen molar-refractivity contribution in [2.24, 2.45) is 5.92 Å². The van der Waals surface area contributed by atoms with Crippen LogP contribution in [0.15, 0.2) is 22.9 Å². The van der Waals surface area contributed by atoms with E-state index in [1.54, 1.807) is 6.07 Å². The monoisotopic (exact) mass is 355 g/mol. The number of carbonyl (C=O) groups is 1. The highest BCUT2D eigenvalue weighted by atomic mass is 16.5. The molecule has 1 aliphatic rings. The van der Waals surface area contributed by atoms with Gasteiger partial charge in [-0.3, -0.25) is 4.79 Å². The number of ether oxygens (including phenoxy) is 1. The van der Waals surface area contributed by atoms with Crippen molar-refractivity contribution in [2.45, 2.75) is 38.6 Å². The number of nitriles is 1. The van der Waals surface area contributed by atoms with Crippen molar-refractivity contribution >= 4 is 5.91 Å². The first kappa shape index (κ1) is 18.0. The Hall–Kier alpha value is -2.79. The average Bonchev–Trinajstić information content (AvgIpc) is 3.17. The molecular weight excluding hydrogens is 334 g/mol. The van der Waals surface area contributed by atoms with E-state index < -0.39 is 6.04 Å². The van der Waals surface area contributed by atoms with Gasteiger partial charge in [0, 0.05) is 25.3 Å². The van der Waals surface area contributed by atoms with Crippen LogP contribution in [0.4, 0.5) is 0 Å². The zero-order chi connectivity index (χ0) is 18.5. The lowest BCUT2D eigenvalue weighted by atomic mass is 9.91. The molecule has 0 spiro atoms. The van der Waals surface area contributed by atoms with Crippen LogP contribution in [-0.2, 0) is 4.74 Å². The summed E-state index contributed by atoms with van der Waals surface area (Å²) < 4.78 is 10.9. The number of aromatic nitrogens is 3. The van der Waals surface area contributed by atoms with E-state index in [9.17, 15) is 4.79 Å². The first-order chi connectivity index (χ1) is 12.6. The summed E-state index contributed by atoms with van der Waals surface area (Å²) in [7, 11) is 0. The van der Waals surface area contributed by atoms with E-state index in [2.05, 4.69) is 20.4 Å². The van der Waals surface area contributed by atoms with Crippen molar-refractivity contribution in [3.05, 3.63) is 41.3 Å². The zero-order valence-electron chi connectivity index (χ0n) is 14.8. The van der Waals surface area contributed by atoms with Gasteiger partial charge >= 0.3 is 0 Å². The van der Waals surface area contributed by atoms with E-state index in [-0.39, 0.29) is 23.4 Å². The summed E-state index contributed by atoms with van der Waals surface area (Å²) in [6, 6.07) is 4.68. The van der Waals surface area contributed by atoms with Crippen molar-refractivity contribution < 1.29 is 14.1 Å². The molecule has 1 atom stereocenters. The van der Waals surface area contributed by atoms with Crippen LogP contribution < -0.4 is 5.32 Å². The van der Waals surface area contributed by atoms with E-state index in [0.717, 1.165) is 12.8 Å². The van der Waals surface area contributed by atoms with Crippen LogP contribution in [-0.4, -0.2) is 34.2 Å². The minimum absolute atomic E-state index is 0.138. The highest BCUT2D eigenvalue weighted by Gasteiger charge is 2.32. The molecule has 2 aromatic rings. The Balaban J connectivity index is 1.82. The molecule has 1 unspecified atom stereocenters. The lowest BCUT2D eigenvalue weighted by molar-refractivity contribution is 0.0467. The van der Waals surface area contributed by atoms with Crippen molar-refractivity contribution in [3.8, 4) is 6.07 Å². The molecule has 1 fully saturated rings. The Morgan fingerprint density at radius 2 is 2.12 bits per heavy atom. The van der Waals surface area contributed by atoms with Gasteiger partial charge < -0.3 is 14.6 Å². The largest absolute Gasteiger partial charge is 0.381 e. The maximum absolute atomic E-state index is 12.6. The summed E-state index contributed by atoms with van der Waals surface area (Å²) in [6.07, 6.45) is 2.97. The number of nitrogens with zero attached hydrogens (tertiary/aromatic N) is 4. The molecule has 0 bridgehead atoms. The third-order valence-electron chi connectivity index (χ3n) is 4.39. The van der Waals surface area contributed by atoms with Gasteiger partial charge in [0.15, 0.2) is 5.82 Å². The second-order valence-corrected chi connectivity index (χ2v) is 6.59. The fourth-order valence-electron chi connectivity index (χ4n) is 2.85. The molecule has 8 nitrogen and oxygen atoms in total. The van der Waals surface area contributed by atoms with Crippen LogP contribution >= 0.6 is 0 Å². The number of amides is 1. The summed E-state index contributed by atoms with van der Waals surface area (Å²) in [6.45, 7) is 5.24. The Bertz CT molecular complexity index is 788. The van der Waals surface area contributed by atoms with Gasteiger partial charge in [0.1, 0.15) is 17.8 Å². The third-order valence-corrected chi connectivity index (χ3v) is 4.39. The molecule has 2 aromatic heterocycles. The Morgan fingerprint density at radius 3 is 2.69 bits per heavy atom. The summed E-state index contributed by atoms with van der Waals surface area (Å²) in [5.74, 6) is 0.964. The van der Waals surface area contributed by atoms with E-state index >= 15 is 0 Å². The molecule has 1 amide bonds. The number of rotatable bonds is 5. The van der Waals surface area contributed by atoms with Gasteiger partial charge in [-0.05, 0) is 30.9 Å². The Kier molecular flexibility index (Phi) is 5.58. The van der Waals surface area contributed by atoms with Gasteiger partial charge in [-0.1, -0.05) is 19.0 Å². The standard InChI is InChI=1S/C18H21N5O3/c1-11(2)16-22-18(26-23-16)15(13-5-7-25-8-6-13)21-17(24)14-4-3-12(9-19)10-20-14/h3-4,10-11,13,15H,5-8H2,1-2H3,(H,21,24). The number of hydrogen-bond donors (Lipinski definition) is 1. The van der Waals surface area contributed by atoms with Crippen LogP contribution in [0, 0.1) is 17.2 Å². The summed E-state index contributed by atoms with van der Waals surface area (Å²) >= 11 is 0. The molecule has 26 heavy (non-hydrogen) atoms. The minimum Gasteiger partial charge on any atom is -0.381 e. The number of carbonyl (C=O) groups excluding carboxylic acids is 1. The lowest BCUT2D eigenvalue weighted by Crippen LogP contribution is -2.36. The second-order valence-electron chi connectivity index (χ2n) is 6.59. The predicted octanol–water partition coefficient (Wildman–Crippen LogP) is 2.36.